The molecular formula is C41H72N4O8. The fourth-order valence-electron chi connectivity index (χ4n) is 5.65. The minimum absolute atomic E-state index is 0.0224. The molecule has 4 atom stereocenters. The Bertz CT molecular complexity index is 817. The van der Waals surface area contributed by atoms with Gasteiger partial charge in [-0.25, -0.2) is 0 Å². The van der Waals surface area contributed by atoms with Crippen molar-refractivity contribution in [3.63, 3.8) is 0 Å². The predicted molar refractivity (Wildman–Crippen MR) is 217 cm³/mol. The summed E-state index contributed by atoms with van der Waals surface area (Å²) in [6.07, 6.45) is 10.9. The second-order valence-corrected chi connectivity index (χ2v) is 13.4. The minimum Gasteiger partial charge on any atom is -0.389 e. The highest BCUT2D eigenvalue weighted by molar-refractivity contribution is 4.86. The number of hydrogen-bond acceptors (Lipinski definition) is 12. The lowest BCUT2D eigenvalue weighted by molar-refractivity contribution is -0.134. The van der Waals surface area contributed by atoms with E-state index in [-0.39, 0.29) is 52.9 Å². The van der Waals surface area contributed by atoms with E-state index in [4.69, 9.17) is 18.9 Å². The molecule has 0 heterocycles. The van der Waals surface area contributed by atoms with Gasteiger partial charge in [-0.15, -0.1) is 52.6 Å². The maximum atomic E-state index is 10.8. The van der Waals surface area contributed by atoms with E-state index in [1.807, 2.05) is 19.6 Å². The Kier molecular flexibility index (Phi) is 31.2. The summed E-state index contributed by atoms with van der Waals surface area (Å²) in [7, 11) is 0. The van der Waals surface area contributed by atoms with Gasteiger partial charge in [-0.1, -0.05) is 48.6 Å². The van der Waals surface area contributed by atoms with Crippen molar-refractivity contribution in [3.05, 3.63) is 101 Å². The van der Waals surface area contributed by atoms with Crippen LogP contribution in [0.4, 0.5) is 0 Å². The van der Waals surface area contributed by atoms with Gasteiger partial charge in [-0.3, -0.25) is 19.6 Å². The SMILES string of the molecule is C=CCN(CC=C)CC(O)COCC(COCC(O)CN(CC=C)CC=C)(COCC(O)CN(CC=C)CC=C)COCC(O)CN(CC=C)CC=C. The molecule has 0 aliphatic rings. The van der Waals surface area contributed by atoms with E-state index in [2.05, 4.69) is 52.6 Å². The first kappa shape index (κ1) is 50.4. The van der Waals surface area contributed by atoms with Crippen molar-refractivity contribution >= 4 is 0 Å². The highest BCUT2D eigenvalue weighted by atomic mass is 16.5. The van der Waals surface area contributed by atoms with Crippen molar-refractivity contribution in [2.75, 3.05) is 131 Å². The molecule has 4 N–H and O–H groups in total. The van der Waals surface area contributed by atoms with Crippen molar-refractivity contribution in [2.24, 2.45) is 5.41 Å². The molecule has 304 valence electrons. The van der Waals surface area contributed by atoms with Crippen molar-refractivity contribution in [1.82, 2.24) is 19.6 Å². The third-order valence-corrected chi connectivity index (χ3v) is 7.85. The number of nitrogens with zero attached hydrogens (tertiary/aromatic N) is 4. The first-order valence-electron chi connectivity index (χ1n) is 18.3. The van der Waals surface area contributed by atoms with Gasteiger partial charge in [-0.2, -0.15) is 0 Å². The summed E-state index contributed by atoms with van der Waals surface area (Å²) in [5.41, 5.74) is -0.938. The van der Waals surface area contributed by atoms with E-state index in [1.165, 1.54) is 0 Å². The van der Waals surface area contributed by atoms with E-state index < -0.39 is 29.8 Å². The van der Waals surface area contributed by atoms with Crippen molar-refractivity contribution in [3.8, 4) is 0 Å². The van der Waals surface area contributed by atoms with Crippen LogP contribution >= 0.6 is 0 Å². The topological polar surface area (TPSA) is 131 Å². The molecule has 12 heteroatoms. The number of aliphatic hydroxyl groups excluding tert-OH is 4. The first-order valence-corrected chi connectivity index (χ1v) is 18.3. The quantitative estimate of drug-likeness (QED) is 0.0686. The van der Waals surface area contributed by atoms with Crippen LogP contribution in [0.25, 0.3) is 0 Å². The summed E-state index contributed by atoms with van der Waals surface area (Å²) in [5.74, 6) is 0. The van der Waals surface area contributed by atoms with Crippen LogP contribution in [0.2, 0.25) is 0 Å². The zero-order chi connectivity index (χ0) is 39.7. The molecule has 0 bridgehead atoms. The highest BCUT2D eigenvalue weighted by Gasteiger charge is 2.34. The molecule has 12 nitrogen and oxygen atoms in total. The Balaban J connectivity index is 6.06. The Morgan fingerprint density at radius 2 is 0.528 bits per heavy atom. The van der Waals surface area contributed by atoms with Crippen LogP contribution < -0.4 is 0 Å². The molecule has 0 saturated heterocycles. The van der Waals surface area contributed by atoms with Crippen LogP contribution in [0.3, 0.4) is 0 Å². The van der Waals surface area contributed by atoms with E-state index in [0.717, 1.165) is 0 Å². The van der Waals surface area contributed by atoms with Crippen molar-refractivity contribution < 1.29 is 39.4 Å². The predicted octanol–water partition coefficient (Wildman–Crippen LogP) is 2.18. The molecule has 0 spiro atoms. The summed E-state index contributed by atoms with van der Waals surface area (Å²) in [6, 6.07) is 0. The third kappa shape index (κ3) is 26.0. The lowest BCUT2D eigenvalue weighted by Crippen LogP contribution is -2.45. The molecular weight excluding hydrogens is 676 g/mol. The molecule has 0 saturated carbocycles. The maximum absolute atomic E-state index is 10.8. The van der Waals surface area contributed by atoms with Gasteiger partial charge >= 0.3 is 0 Å². The molecule has 0 radical (unpaired) electrons. The Hall–Kier alpha value is -2.56. The van der Waals surface area contributed by atoms with Gasteiger partial charge in [0.15, 0.2) is 0 Å². The number of hydrogen-bond donors (Lipinski definition) is 4. The molecule has 0 amide bonds. The highest BCUT2D eigenvalue weighted by Crippen LogP contribution is 2.22. The third-order valence-electron chi connectivity index (χ3n) is 7.85. The van der Waals surface area contributed by atoms with E-state index in [0.29, 0.717) is 78.5 Å². The Morgan fingerprint density at radius 1 is 0.358 bits per heavy atom. The van der Waals surface area contributed by atoms with Crippen molar-refractivity contribution in [2.45, 2.75) is 24.4 Å². The Labute approximate surface area is 320 Å². The fraction of sp³-hybridized carbons (Fsp3) is 0.610. The van der Waals surface area contributed by atoms with E-state index >= 15 is 0 Å². The van der Waals surface area contributed by atoms with Crippen LogP contribution in [0.1, 0.15) is 0 Å². The van der Waals surface area contributed by atoms with Gasteiger partial charge in [0.1, 0.15) is 0 Å². The standard InChI is InChI=1S/C41H72N4O8/c1-9-17-42(18-10-2)25-37(46)29-50-33-41(34-51-30-38(47)26-43(19-11-3)20-12-4,35-52-31-39(48)27-44(21-13-5)22-14-6)36-53-32-40(49)28-45(23-15-7)24-16-8/h9-16,37-40,46-49H,1-8,17-36H2. The summed E-state index contributed by atoms with van der Waals surface area (Å²) < 4.78 is 24.5. The summed E-state index contributed by atoms with van der Waals surface area (Å²) in [6.45, 7) is 36.7. The van der Waals surface area contributed by atoms with Crippen LogP contribution in [-0.4, -0.2) is 196 Å². The van der Waals surface area contributed by atoms with Gasteiger partial charge in [0, 0.05) is 78.5 Å². The molecule has 0 aliphatic heterocycles. The average molecular weight is 749 g/mol. The van der Waals surface area contributed by atoms with Crippen LogP contribution in [0.5, 0.6) is 0 Å². The first-order chi connectivity index (χ1) is 25.5. The Morgan fingerprint density at radius 3 is 0.679 bits per heavy atom. The minimum atomic E-state index is -0.938. The summed E-state index contributed by atoms with van der Waals surface area (Å²) in [4.78, 5) is 7.97. The molecule has 0 aromatic heterocycles. The summed E-state index contributed by atoms with van der Waals surface area (Å²) in [5, 5.41) is 43.4. The maximum Gasteiger partial charge on any atom is 0.0900 e. The monoisotopic (exact) mass is 749 g/mol. The van der Waals surface area contributed by atoms with Crippen LogP contribution in [0.15, 0.2) is 101 Å². The number of aliphatic hydroxyl groups is 4. The largest absolute Gasteiger partial charge is 0.389 e. The van der Waals surface area contributed by atoms with Gasteiger partial charge in [0.25, 0.3) is 0 Å². The van der Waals surface area contributed by atoms with Gasteiger partial charge in [-0.05, 0) is 0 Å². The van der Waals surface area contributed by atoms with Gasteiger partial charge < -0.3 is 39.4 Å². The van der Waals surface area contributed by atoms with E-state index in [9.17, 15) is 20.4 Å². The second kappa shape index (κ2) is 32.8. The second-order valence-electron chi connectivity index (χ2n) is 13.4. The lowest BCUT2D eigenvalue weighted by atomic mass is 9.92. The zero-order valence-corrected chi connectivity index (χ0v) is 32.4. The van der Waals surface area contributed by atoms with E-state index in [1.54, 1.807) is 48.6 Å². The van der Waals surface area contributed by atoms with Gasteiger partial charge in [0.05, 0.1) is 82.7 Å². The van der Waals surface area contributed by atoms with Crippen LogP contribution in [0, 0.1) is 5.41 Å². The number of rotatable bonds is 40. The average Bonchev–Trinajstić information content (AvgIpc) is 3.09. The number of ether oxygens (including phenoxy) is 4. The zero-order valence-electron chi connectivity index (χ0n) is 32.4. The molecule has 0 aliphatic carbocycles. The molecule has 53 heavy (non-hydrogen) atoms. The molecule has 0 rings (SSSR count). The molecule has 4 unspecified atom stereocenters. The molecule has 0 fully saturated rings. The van der Waals surface area contributed by atoms with Crippen molar-refractivity contribution in [1.29, 1.82) is 0 Å². The molecule has 0 aromatic carbocycles. The lowest BCUT2D eigenvalue weighted by Gasteiger charge is -2.35. The van der Waals surface area contributed by atoms with Crippen LogP contribution in [-0.2, 0) is 18.9 Å². The smallest absolute Gasteiger partial charge is 0.0900 e. The summed E-state index contributed by atoms with van der Waals surface area (Å²) >= 11 is 0. The molecule has 0 aromatic rings. The normalized spacial score (nSPS) is 15.1. The fourth-order valence-corrected chi connectivity index (χ4v) is 5.65. The van der Waals surface area contributed by atoms with Gasteiger partial charge in [0.2, 0.25) is 0 Å².